The third kappa shape index (κ3) is 3.43. The van der Waals surface area contributed by atoms with E-state index in [4.69, 9.17) is 0 Å². The van der Waals surface area contributed by atoms with Crippen molar-refractivity contribution in [2.75, 3.05) is 0 Å². The Bertz CT molecular complexity index is 91.4. The van der Waals surface area contributed by atoms with Gasteiger partial charge < -0.3 is 0 Å². The van der Waals surface area contributed by atoms with Crippen LogP contribution < -0.4 is 0 Å². The maximum absolute atomic E-state index is 3.83. The van der Waals surface area contributed by atoms with Crippen LogP contribution in [0.2, 0.25) is 0 Å². The number of nitrogens with zero attached hydrogens (tertiary/aromatic N) is 1. The van der Waals surface area contributed by atoms with Crippen LogP contribution in [0.4, 0.5) is 0 Å². The lowest BCUT2D eigenvalue weighted by Gasteiger charge is -1.70. The van der Waals surface area contributed by atoms with E-state index in [9.17, 15) is 0 Å². The Labute approximate surface area is 54.4 Å². The molecule has 8 heavy (non-hydrogen) atoms. The summed E-state index contributed by atoms with van der Waals surface area (Å²) in [4.78, 5) is 3.78. The van der Waals surface area contributed by atoms with Gasteiger partial charge >= 0.3 is 0 Å². The second-order valence-electron chi connectivity index (χ2n) is 1.02. The molecule has 0 fully saturated rings. The van der Waals surface area contributed by atoms with Crippen molar-refractivity contribution in [1.82, 2.24) is 4.98 Å². The molecule has 0 aromatic carbocycles. The summed E-state index contributed by atoms with van der Waals surface area (Å²) in [5.41, 5.74) is 0. The SMILES string of the molecule is C=S.c1ccncc1. The average Bonchev–Trinajstić information content (AvgIpc) is 1.96. The second-order valence-corrected chi connectivity index (χ2v) is 1.02. The molecule has 0 saturated carbocycles. The molecule has 0 unspecified atom stereocenters. The Morgan fingerprint density at radius 2 is 1.50 bits per heavy atom. The molecular formula is C6H7NS. The molecule has 0 spiro atoms. The number of aromatic nitrogens is 1. The highest BCUT2D eigenvalue weighted by atomic mass is 32.1. The van der Waals surface area contributed by atoms with Crippen molar-refractivity contribution in [3.8, 4) is 0 Å². The molecule has 1 heterocycles. The topological polar surface area (TPSA) is 12.9 Å². The van der Waals surface area contributed by atoms with Crippen molar-refractivity contribution in [2.24, 2.45) is 0 Å². The summed E-state index contributed by atoms with van der Waals surface area (Å²) >= 11 is 3.83. The van der Waals surface area contributed by atoms with Gasteiger partial charge in [-0.25, -0.2) is 0 Å². The fraction of sp³-hybridized carbons (Fsp3) is 0. The van der Waals surface area contributed by atoms with Gasteiger partial charge in [0, 0.05) is 12.4 Å². The lowest BCUT2D eigenvalue weighted by atomic mass is 10.5. The van der Waals surface area contributed by atoms with E-state index in [-0.39, 0.29) is 0 Å². The Kier molecular flexibility index (Phi) is 5.65. The first-order chi connectivity index (χ1) is 4.00. The molecule has 1 rings (SSSR count). The fourth-order valence-corrected chi connectivity index (χ4v) is 0.313. The predicted octanol–water partition coefficient (Wildman–Crippen LogP) is 1.70. The van der Waals surface area contributed by atoms with Crippen LogP contribution in [0, 0.1) is 0 Å². The van der Waals surface area contributed by atoms with Crippen LogP contribution in [0.15, 0.2) is 30.6 Å². The molecule has 0 saturated heterocycles. The minimum absolute atomic E-state index is 1.75. The largest absolute Gasteiger partial charge is 0.265 e. The van der Waals surface area contributed by atoms with E-state index in [1.54, 1.807) is 12.4 Å². The minimum atomic E-state index is 1.75. The van der Waals surface area contributed by atoms with Crippen molar-refractivity contribution in [3.05, 3.63) is 30.6 Å². The molecule has 1 aromatic rings. The fourth-order valence-electron chi connectivity index (χ4n) is 0.313. The van der Waals surface area contributed by atoms with E-state index in [1.165, 1.54) is 0 Å². The first-order valence-corrected chi connectivity index (χ1v) is 2.72. The Morgan fingerprint density at radius 3 is 1.62 bits per heavy atom. The lowest BCUT2D eigenvalue weighted by molar-refractivity contribution is 1.33. The van der Waals surface area contributed by atoms with Gasteiger partial charge in [0.1, 0.15) is 0 Å². The number of rotatable bonds is 0. The maximum Gasteiger partial charge on any atom is 0.0267 e. The van der Waals surface area contributed by atoms with Crippen molar-refractivity contribution < 1.29 is 0 Å². The van der Waals surface area contributed by atoms with E-state index in [1.807, 2.05) is 18.2 Å². The van der Waals surface area contributed by atoms with Crippen LogP contribution >= 0.6 is 12.2 Å². The van der Waals surface area contributed by atoms with E-state index < -0.39 is 0 Å². The standard InChI is InChI=1S/C5H5N.CH2S/c1-2-4-6-5-3-1;1-2/h1-5H;1H2. The zero-order valence-electron chi connectivity index (χ0n) is 4.45. The monoisotopic (exact) mass is 125 g/mol. The second kappa shape index (κ2) is 6.24. The molecule has 1 nitrogen and oxygen atoms in total. The summed E-state index contributed by atoms with van der Waals surface area (Å²) in [5, 5.41) is 0. The summed E-state index contributed by atoms with van der Waals surface area (Å²) in [6.07, 6.45) is 3.50. The molecule has 0 radical (unpaired) electrons. The quantitative estimate of drug-likeness (QED) is 0.489. The number of pyridine rings is 1. The van der Waals surface area contributed by atoms with Gasteiger partial charge in [0.2, 0.25) is 0 Å². The van der Waals surface area contributed by atoms with Crippen LogP contribution in [-0.2, 0) is 0 Å². The van der Waals surface area contributed by atoms with Gasteiger partial charge in [-0.1, -0.05) is 18.3 Å². The highest BCUT2D eigenvalue weighted by Crippen LogP contribution is 1.73. The number of hydrogen-bond acceptors (Lipinski definition) is 2. The van der Waals surface area contributed by atoms with E-state index >= 15 is 0 Å². The minimum Gasteiger partial charge on any atom is -0.265 e. The molecule has 0 aliphatic rings. The van der Waals surface area contributed by atoms with Gasteiger partial charge in [-0.3, -0.25) is 4.98 Å². The molecule has 2 heteroatoms. The smallest absolute Gasteiger partial charge is 0.0267 e. The van der Waals surface area contributed by atoms with E-state index in [0.29, 0.717) is 0 Å². The summed E-state index contributed by atoms with van der Waals surface area (Å²) in [7, 11) is 0. The molecule has 0 atom stereocenters. The summed E-state index contributed by atoms with van der Waals surface area (Å²) in [6.45, 7) is 0. The zero-order valence-corrected chi connectivity index (χ0v) is 5.27. The first kappa shape index (κ1) is 7.24. The van der Waals surface area contributed by atoms with Crippen molar-refractivity contribution in [3.63, 3.8) is 0 Å². The third-order valence-corrected chi connectivity index (χ3v) is 0.566. The Balaban J connectivity index is 0.000000222. The third-order valence-electron chi connectivity index (χ3n) is 0.566. The van der Waals surface area contributed by atoms with Crippen LogP contribution in [0.3, 0.4) is 0 Å². The van der Waals surface area contributed by atoms with Gasteiger partial charge in [-0.05, 0) is 18.0 Å². The van der Waals surface area contributed by atoms with E-state index in [2.05, 4.69) is 23.1 Å². The predicted molar refractivity (Wildman–Crippen MR) is 38.9 cm³/mol. The number of thiocarbonyl (C=S) groups is 1. The van der Waals surface area contributed by atoms with Gasteiger partial charge in [0.05, 0.1) is 0 Å². The normalized spacial score (nSPS) is 6.50. The van der Waals surface area contributed by atoms with Crippen molar-refractivity contribution >= 4 is 18.1 Å². The van der Waals surface area contributed by atoms with Crippen LogP contribution in [0.1, 0.15) is 0 Å². The average molecular weight is 125 g/mol. The van der Waals surface area contributed by atoms with Crippen molar-refractivity contribution in [2.45, 2.75) is 0 Å². The Morgan fingerprint density at radius 1 is 1.00 bits per heavy atom. The molecule has 0 bridgehead atoms. The highest BCUT2D eigenvalue weighted by Gasteiger charge is 1.58. The zero-order chi connectivity index (χ0) is 6.24. The first-order valence-electron chi connectivity index (χ1n) is 2.14. The molecule has 0 aliphatic carbocycles. The molecule has 0 N–H and O–H groups in total. The van der Waals surface area contributed by atoms with Crippen LogP contribution in [0.5, 0.6) is 0 Å². The summed E-state index contributed by atoms with van der Waals surface area (Å²) in [5.74, 6) is 2.83. The van der Waals surface area contributed by atoms with Crippen molar-refractivity contribution in [1.29, 1.82) is 0 Å². The van der Waals surface area contributed by atoms with Gasteiger partial charge in [-0.2, -0.15) is 0 Å². The lowest BCUT2D eigenvalue weighted by Crippen LogP contribution is -1.58. The Hall–Kier alpha value is -0.760. The van der Waals surface area contributed by atoms with Crippen LogP contribution in [-0.4, -0.2) is 10.9 Å². The maximum atomic E-state index is 3.83. The summed E-state index contributed by atoms with van der Waals surface area (Å²) in [6, 6.07) is 5.72. The highest BCUT2D eigenvalue weighted by molar-refractivity contribution is 7.77. The summed E-state index contributed by atoms with van der Waals surface area (Å²) < 4.78 is 0. The number of hydrogen-bond donors (Lipinski definition) is 0. The molecule has 1 aromatic heterocycles. The van der Waals surface area contributed by atoms with Crippen LogP contribution in [0.25, 0.3) is 0 Å². The van der Waals surface area contributed by atoms with Gasteiger partial charge in [-0.15, -0.1) is 0 Å². The van der Waals surface area contributed by atoms with E-state index in [0.717, 1.165) is 0 Å². The molecule has 42 valence electrons. The van der Waals surface area contributed by atoms with Gasteiger partial charge in [0.25, 0.3) is 0 Å². The van der Waals surface area contributed by atoms with Gasteiger partial charge in [0.15, 0.2) is 0 Å². The molecular weight excluding hydrogens is 118 g/mol. The molecule has 0 aliphatic heterocycles. The molecule has 0 amide bonds.